The van der Waals surface area contributed by atoms with E-state index in [9.17, 15) is 9.59 Å². The van der Waals surface area contributed by atoms with Crippen LogP contribution in [0.25, 0.3) is 0 Å². The molecule has 9 heteroatoms. The van der Waals surface area contributed by atoms with Crippen LogP contribution in [0.15, 0.2) is 24.3 Å². The van der Waals surface area contributed by atoms with Crippen LogP contribution in [-0.2, 0) is 9.53 Å². The van der Waals surface area contributed by atoms with E-state index in [2.05, 4.69) is 10.6 Å². The van der Waals surface area contributed by atoms with E-state index in [0.717, 1.165) is 0 Å². The van der Waals surface area contributed by atoms with Gasteiger partial charge in [-0.2, -0.15) is 0 Å². The SMILES string of the molecule is O=CNC(OC(=O)Nc1cccc(Cl)c1)C(Cl)(Cl)Cl. The molecule has 1 aromatic carbocycles. The Bertz CT molecular complexity index is 464. The van der Waals surface area contributed by atoms with Gasteiger partial charge in [0.05, 0.1) is 0 Å². The minimum absolute atomic E-state index is 0.249. The maximum absolute atomic E-state index is 11.5. The lowest BCUT2D eigenvalue weighted by Crippen LogP contribution is -2.44. The molecule has 2 amide bonds. The minimum atomic E-state index is -1.99. The second-order valence-corrected chi connectivity index (χ2v) is 6.05. The molecule has 104 valence electrons. The lowest BCUT2D eigenvalue weighted by molar-refractivity contribution is -0.112. The molecular weight excluding hydrogens is 338 g/mol. The van der Waals surface area contributed by atoms with Gasteiger partial charge in [-0.3, -0.25) is 10.1 Å². The first kappa shape index (κ1) is 16.2. The van der Waals surface area contributed by atoms with E-state index < -0.39 is 16.1 Å². The molecule has 1 aromatic rings. The summed E-state index contributed by atoms with van der Waals surface area (Å²) >= 11 is 22.3. The number of carbonyl (C=O) groups excluding carboxylic acids is 2. The summed E-state index contributed by atoms with van der Waals surface area (Å²) in [5.74, 6) is 0. The smallest absolute Gasteiger partial charge is 0.413 e. The van der Waals surface area contributed by atoms with Gasteiger partial charge in [0.15, 0.2) is 0 Å². The molecule has 1 atom stereocenters. The number of carbonyl (C=O) groups is 2. The number of benzene rings is 1. The second-order valence-electron chi connectivity index (χ2n) is 3.25. The van der Waals surface area contributed by atoms with Crippen molar-refractivity contribution in [3.05, 3.63) is 29.3 Å². The van der Waals surface area contributed by atoms with Crippen molar-refractivity contribution in [2.24, 2.45) is 0 Å². The predicted octanol–water partition coefficient (Wildman–Crippen LogP) is 3.33. The fraction of sp³-hybridized carbons (Fsp3) is 0.200. The van der Waals surface area contributed by atoms with Crippen molar-refractivity contribution in [2.45, 2.75) is 10.0 Å². The first-order valence-electron chi connectivity index (χ1n) is 4.82. The maximum atomic E-state index is 11.5. The number of alkyl halides is 3. The summed E-state index contributed by atoms with van der Waals surface area (Å²) in [4.78, 5) is 21.9. The molecule has 0 saturated carbocycles. The van der Waals surface area contributed by atoms with E-state index in [1.807, 2.05) is 0 Å². The maximum Gasteiger partial charge on any atom is 0.413 e. The Morgan fingerprint density at radius 1 is 1.37 bits per heavy atom. The van der Waals surface area contributed by atoms with Crippen molar-refractivity contribution in [1.29, 1.82) is 0 Å². The van der Waals surface area contributed by atoms with Crippen molar-refractivity contribution in [2.75, 3.05) is 5.32 Å². The summed E-state index contributed by atoms with van der Waals surface area (Å²) in [5, 5.41) is 4.86. The Hall–Kier alpha value is -0.880. The predicted molar refractivity (Wildman–Crippen MR) is 74.8 cm³/mol. The summed E-state index contributed by atoms with van der Waals surface area (Å²) in [7, 11) is 0. The summed E-state index contributed by atoms with van der Waals surface area (Å²) in [6.45, 7) is 0. The lowest BCUT2D eigenvalue weighted by Gasteiger charge is -2.23. The zero-order chi connectivity index (χ0) is 14.5. The molecule has 0 aliphatic rings. The summed E-state index contributed by atoms with van der Waals surface area (Å²) in [5.41, 5.74) is 0.395. The highest BCUT2D eigenvalue weighted by Gasteiger charge is 2.36. The molecule has 0 aliphatic heterocycles. The molecule has 5 nitrogen and oxygen atoms in total. The molecule has 0 heterocycles. The molecule has 2 N–H and O–H groups in total. The largest absolute Gasteiger partial charge is 0.421 e. The van der Waals surface area contributed by atoms with Gasteiger partial charge in [-0.25, -0.2) is 4.79 Å². The average Bonchev–Trinajstić information content (AvgIpc) is 2.27. The van der Waals surface area contributed by atoms with Gasteiger partial charge in [0.25, 0.3) is 0 Å². The van der Waals surface area contributed by atoms with Crippen LogP contribution in [0.3, 0.4) is 0 Å². The molecule has 1 unspecified atom stereocenters. The van der Waals surface area contributed by atoms with E-state index in [-0.39, 0.29) is 6.41 Å². The van der Waals surface area contributed by atoms with Crippen LogP contribution >= 0.6 is 46.4 Å². The van der Waals surface area contributed by atoms with Gasteiger partial charge in [0, 0.05) is 10.7 Å². The summed E-state index contributed by atoms with van der Waals surface area (Å²) < 4.78 is 2.77. The highest BCUT2D eigenvalue weighted by atomic mass is 35.6. The number of hydrogen-bond acceptors (Lipinski definition) is 3. The molecular formula is C10H8Cl4N2O3. The number of nitrogens with one attached hydrogen (secondary N) is 2. The average molecular weight is 346 g/mol. The fourth-order valence-corrected chi connectivity index (χ4v) is 1.59. The van der Waals surface area contributed by atoms with Crippen LogP contribution < -0.4 is 10.6 Å². The number of ether oxygens (including phenoxy) is 1. The number of anilines is 1. The molecule has 0 fully saturated rings. The van der Waals surface area contributed by atoms with Gasteiger partial charge < -0.3 is 10.1 Å². The molecule has 0 spiro atoms. The Labute approximate surface area is 129 Å². The standard InChI is InChI=1S/C10H8Cl4N2O3/c11-6-2-1-3-7(4-6)16-9(18)19-8(15-5-17)10(12,13)14/h1-5,8H,(H,15,17)(H,16,18). The van der Waals surface area contributed by atoms with E-state index in [4.69, 9.17) is 51.1 Å². The number of amides is 2. The summed E-state index contributed by atoms with van der Waals surface area (Å²) in [6.07, 6.45) is -2.08. The van der Waals surface area contributed by atoms with E-state index in [0.29, 0.717) is 10.7 Å². The van der Waals surface area contributed by atoms with Crippen LogP contribution in [-0.4, -0.2) is 22.5 Å². The van der Waals surface area contributed by atoms with Gasteiger partial charge >= 0.3 is 6.09 Å². The van der Waals surface area contributed by atoms with E-state index in [1.165, 1.54) is 6.07 Å². The van der Waals surface area contributed by atoms with Gasteiger partial charge in [-0.05, 0) is 18.2 Å². The third-order valence-electron chi connectivity index (χ3n) is 1.81. The summed E-state index contributed by atoms with van der Waals surface area (Å²) in [6, 6.07) is 6.36. The van der Waals surface area contributed by atoms with Crippen molar-refractivity contribution >= 4 is 64.6 Å². The Morgan fingerprint density at radius 3 is 2.58 bits per heavy atom. The molecule has 1 rings (SSSR count). The number of hydrogen-bond donors (Lipinski definition) is 2. The Morgan fingerprint density at radius 2 is 2.05 bits per heavy atom. The molecule has 0 aliphatic carbocycles. The van der Waals surface area contributed by atoms with Crippen LogP contribution in [0.5, 0.6) is 0 Å². The normalized spacial score (nSPS) is 12.4. The fourth-order valence-electron chi connectivity index (χ4n) is 1.08. The monoisotopic (exact) mass is 344 g/mol. The minimum Gasteiger partial charge on any atom is -0.421 e. The van der Waals surface area contributed by atoms with Gasteiger partial charge in [0.1, 0.15) is 0 Å². The first-order valence-corrected chi connectivity index (χ1v) is 6.33. The van der Waals surface area contributed by atoms with Crippen LogP contribution in [0.1, 0.15) is 0 Å². The van der Waals surface area contributed by atoms with Crippen molar-refractivity contribution in [3.63, 3.8) is 0 Å². The highest BCUT2D eigenvalue weighted by Crippen LogP contribution is 2.31. The zero-order valence-electron chi connectivity index (χ0n) is 9.20. The molecule has 0 saturated heterocycles. The highest BCUT2D eigenvalue weighted by molar-refractivity contribution is 6.68. The molecule has 0 bridgehead atoms. The van der Waals surface area contributed by atoms with Crippen LogP contribution in [0, 0.1) is 0 Å². The number of rotatable bonds is 4. The zero-order valence-corrected chi connectivity index (χ0v) is 12.2. The third-order valence-corrected chi connectivity index (χ3v) is 2.64. The molecule has 0 radical (unpaired) electrons. The van der Waals surface area contributed by atoms with Gasteiger partial charge in [-0.1, -0.05) is 52.5 Å². The van der Waals surface area contributed by atoms with E-state index >= 15 is 0 Å². The Kier molecular flexibility index (Phi) is 6.00. The van der Waals surface area contributed by atoms with Crippen molar-refractivity contribution < 1.29 is 14.3 Å². The molecule has 19 heavy (non-hydrogen) atoms. The van der Waals surface area contributed by atoms with Crippen LogP contribution in [0.2, 0.25) is 5.02 Å². The lowest BCUT2D eigenvalue weighted by atomic mass is 10.3. The van der Waals surface area contributed by atoms with E-state index in [1.54, 1.807) is 18.2 Å². The van der Waals surface area contributed by atoms with Crippen molar-refractivity contribution in [3.8, 4) is 0 Å². The van der Waals surface area contributed by atoms with Crippen LogP contribution in [0.4, 0.5) is 10.5 Å². The Balaban J connectivity index is 2.65. The number of halogens is 4. The third kappa shape index (κ3) is 5.74. The topological polar surface area (TPSA) is 67.4 Å². The quantitative estimate of drug-likeness (QED) is 0.499. The second kappa shape index (κ2) is 7.05. The van der Waals surface area contributed by atoms with Gasteiger partial charge in [0.2, 0.25) is 16.4 Å². The first-order chi connectivity index (χ1) is 8.82. The molecule has 0 aromatic heterocycles. The van der Waals surface area contributed by atoms with Crippen molar-refractivity contribution in [1.82, 2.24) is 5.32 Å². The van der Waals surface area contributed by atoms with Gasteiger partial charge in [-0.15, -0.1) is 0 Å².